The molecule has 0 saturated heterocycles. The van der Waals surface area contributed by atoms with Gasteiger partial charge in [0.15, 0.2) is 28.1 Å². The van der Waals surface area contributed by atoms with Crippen molar-refractivity contribution < 1.29 is 37.1 Å². The monoisotopic (exact) mass is 536 g/mol. The molecule has 0 bridgehead atoms. The van der Waals surface area contributed by atoms with Crippen molar-refractivity contribution in [1.29, 1.82) is 0 Å². The zero-order chi connectivity index (χ0) is 27.0. The summed E-state index contributed by atoms with van der Waals surface area (Å²) in [5, 5.41) is 11.0. The van der Waals surface area contributed by atoms with Gasteiger partial charge in [-0.2, -0.15) is 0 Å². The lowest BCUT2D eigenvalue weighted by Gasteiger charge is -2.63. The van der Waals surface area contributed by atoms with Gasteiger partial charge < -0.3 is 9.52 Å². The average molecular weight is 537 g/mol. The number of thioether (sulfide) groups is 1. The molecule has 2 unspecified atom stereocenters. The van der Waals surface area contributed by atoms with Crippen LogP contribution in [0.5, 0.6) is 0 Å². The first-order valence-electron chi connectivity index (χ1n) is 12.6. The van der Waals surface area contributed by atoms with Gasteiger partial charge >= 0.3 is 0 Å². The highest BCUT2D eigenvalue weighted by atomic mass is 32.2. The maximum atomic E-state index is 17.4. The lowest BCUT2D eigenvalue weighted by molar-refractivity contribution is -0.210. The molecule has 0 amide bonds. The number of hydrogen-bond acceptors (Lipinski definition) is 6. The van der Waals surface area contributed by atoms with Crippen LogP contribution in [0.3, 0.4) is 0 Å². The van der Waals surface area contributed by atoms with Crippen molar-refractivity contribution in [2.24, 2.45) is 34.0 Å². The van der Waals surface area contributed by atoms with E-state index in [1.165, 1.54) is 31.4 Å². The SMILES string of the molecule is C[C@@H]1CC2C3C[C@H](F)C4=CC(=O)C=C[C@]4(C)[C@@]3(F)[C@@H](O)C[C@]2(C)[C@@]1(CC(=O)c1ccco1)C(=O)SCF. The average Bonchev–Trinajstić information content (AvgIpc) is 3.45. The van der Waals surface area contributed by atoms with E-state index in [0.29, 0.717) is 18.2 Å². The molecule has 9 heteroatoms. The Hall–Kier alpha value is -2.13. The molecule has 0 radical (unpaired) electrons. The smallest absolute Gasteiger partial charge is 0.199 e. The third-order valence-corrected chi connectivity index (χ3v) is 11.0. The normalized spacial score (nSPS) is 44.6. The van der Waals surface area contributed by atoms with Crippen molar-refractivity contribution in [2.75, 3.05) is 6.01 Å². The van der Waals surface area contributed by atoms with Crippen LogP contribution in [0, 0.1) is 34.0 Å². The van der Waals surface area contributed by atoms with Crippen molar-refractivity contribution in [3.05, 3.63) is 48.0 Å². The number of alkyl halides is 3. The summed E-state index contributed by atoms with van der Waals surface area (Å²) < 4.78 is 51.9. The Balaban J connectivity index is 1.64. The molecule has 1 aromatic heterocycles. The molecular weight excluding hydrogens is 505 g/mol. The maximum absolute atomic E-state index is 17.4. The Morgan fingerprint density at radius 3 is 2.62 bits per heavy atom. The molecular formula is C28H31F3O5S. The highest BCUT2D eigenvalue weighted by Crippen LogP contribution is 2.74. The lowest BCUT2D eigenvalue weighted by Crippen LogP contribution is -2.69. The van der Waals surface area contributed by atoms with Crippen LogP contribution in [0.1, 0.15) is 57.0 Å². The van der Waals surface area contributed by atoms with Gasteiger partial charge in [-0.25, -0.2) is 13.2 Å². The summed E-state index contributed by atoms with van der Waals surface area (Å²) in [6.45, 7) is 5.07. The molecule has 3 saturated carbocycles. The number of furan rings is 1. The minimum atomic E-state index is -2.29. The summed E-state index contributed by atoms with van der Waals surface area (Å²) in [5.74, 6) is -2.81. The Labute approximate surface area is 217 Å². The second-order valence-corrected chi connectivity index (χ2v) is 12.5. The van der Waals surface area contributed by atoms with Crippen molar-refractivity contribution in [1.82, 2.24) is 0 Å². The van der Waals surface area contributed by atoms with Crippen LogP contribution < -0.4 is 0 Å². The highest BCUT2D eigenvalue weighted by molar-refractivity contribution is 8.13. The molecule has 1 aromatic rings. The van der Waals surface area contributed by atoms with Crippen molar-refractivity contribution in [3.8, 4) is 0 Å². The summed E-state index contributed by atoms with van der Waals surface area (Å²) in [6, 6.07) is 2.06. The number of fused-ring (bicyclic) bond motifs is 5. The number of halogens is 3. The Morgan fingerprint density at radius 2 is 1.97 bits per heavy atom. The van der Waals surface area contributed by atoms with Crippen LogP contribution in [0.15, 0.2) is 46.6 Å². The number of ketones is 2. The third kappa shape index (κ3) is 3.32. The fourth-order valence-electron chi connectivity index (χ4n) is 8.48. The summed E-state index contributed by atoms with van der Waals surface area (Å²) in [6.07, 6.45) is 1.46. The first-order valence-corrected chi connectivity index (χ1v) is 13.6. The van der Waals surface area contributed by atoms with Gasteiger partial charge in [0.2, 0.25) is 0 Å². The van der Waals surface area contributed by atoms with Gasteiger partial charge in [0.25, 0.3) is 0 Å². The number of Topliss-reactive ketones (excluding diaryl/α,β-unsaturated/α-hetero) is 1. The molecule has 37 heavy (non-hydrogen) atoms. The number of hydrogen-bond donors (Lipinski definition) is 1. The van der Waals surface area contributed by atoms with Gasteiger partial charge in [-0.15, -0.1) is 0 Å². The minimum absolute atomic E-state index is 0.0239. The van der Waals surface area contributed by atoms with E-state index in [1.807, 2.05) is 0 Å². The first kappa shape index (κ1) is 26.5. The quantitative estimate of drug-likeness (QED) is 0.494. The van der Waals surface area contributed by atoms with E-state index >= 15 is 8.78 Å². The molecule has 9 atom stereocenters. The van der Waals surface area contributed by atoms with E-state index < -0.39 is 74.6 Å². The zero-order valence-electron chi connectivity index (χ0n) is 21.0. The predicted molar refractivity (Wildman–Crippen MR) is 132 cm³/mol. The standard InChI is InChI=1S/C28H31F3O5S/c1-15-9-17-18-11-20(30)19-10-16(32)6-7-25(19,2)28(18,31)23(34)13-26(17,3)27(15,24(35)37-14-29)12-21(33)22-5-4-8-36-22/h4-8,10,15,17-18,20,23,34H,9,11-14H2,1-3H3/t15-,17?,18?,20+,23+,25+,26+,27-,28+/m1/s1. The molecule has 0 aliphatic heterocycles. The van der Waals surface area contributed by atoms with Crippen LogP contribution >= 0.6 is 11.8 Å². The van der Waals surface area contributed by atoms with Crippen LogP contribution in [-0.2, 0) is 9.59 Å². The van der Waals surface area contributed by atoms with Gasteiger partial charge in [-0.05, 0) is 73.3 Å². The number of carbonyl (C=O) groups excluding carboxylic acids is 3. The fourth-order valence-corrected chi connectivity index (χ4v) is 9.35. The number of aliphatic hydroxyl groups is 1. The molecule has 0 aromatic carbocycles. The summed E-state index contributed by atoms with van der Waals surface area (Å²) in [4.78, 5) is 39.0. The zero-order valence-corrected chi connectivity index (χ0v) is 21.8. The lowest BCUT2D eigenvalue weighted by atomic mass is 9.43. The number of rotatable bonds is 5. The van der Waals surface area contributed by atoms with Crippen LogP contribution in [0.25, 0.3) is 0 Å². The van der Waals surface area contributed by atoms with E-state index in [1.54, 1.807) is 19.9 Å². The Kier molecular flexibility index (Phi) is 6.22. The second-order valence-electron chi connectivity index (χ2n) is 11.6. The van der Waals surface area contributed by atoms with Gasteiger partial charge in [0.05, 0.1) is 17.8 Å². The van der Waals surface area contributed by atoms with Gasteiger partial charge in [-0.1, -0.05) is 31.7 Å². The molecule has 0 spiro atoms. The Bertz CT molecular complexity index is 1200. The van der Waals surface area contributed by atoms with E-state index in [4.69, 9.17) is 4.42 Å². The summed E-state index contributed by atoms with van der Waals surface area (Å²) in [7, 11) is 0. The maximum Gasteiger partial charge on any atom is 0.199 e. The molecule has 200 valence electrons. The molecule has 5 nitrogen and oxygen atoms in total. The van der Waals surface area contributed by atoms with E-state index in [0.717, 1.165) is 6.08 Å². The number of aliphatic hydroxyl groups excluding tert-OH is 1. The molecule has 3 fully saturated rings. The van der Waals surface area contributed by atoms with Gasteiger partial charge in [0, 0.05) is 17.8 Å². The number of allylic oxidation sites excluding steroid dienone is 4. The molecule has 1 N–H and O–H groups in total. The Morgan fingerprint density at radius 1 is 1.24 bits per heavy atom. The van der Waals surface area contributed by atoms with Crippen molar-refractivity contribution in [2.45, 2.75) is 64.4 Å². The van der Waals surface area contributed by atoms with E-state index in [2.05, 4.69) is 0 Å². The topological polar surface area (TPSA) is 84.6 Å². The molecule has 1 heterocycles. The van der Waals surface area contributed by atoms with Gasteiger partial charge in [-0.3, -0.25) is 14.4 Å². The van der Waals surface area contributed by atoms with E-state index in [9.17, 15) is 23.9 Å². The fraction of sp³-hybridized carbons (Fsp3) is 0.607. The van der Waals surface area contributed by atoms with Crippen LogP contribution in [0.4, 0.5) is 13.2 Å². The predicted octanol–water partition coefficient (Wildman–Crippen LogP) is 5.59. The highest BCUT2D eigenvalue weighted by Gasteiger charge is 2.76. The van der Waals surface area contributed by atoms with Crippen molar-refractivity contribution >= 4 is 28.4 Å². The molecule has 4 aliphatic rings. The molecule has 4 aliphatic carbocycles. The first-order chi connectivity index (χ1) is 17.4. The number of carbonyl (C=O) groups is 3. The summed E-state index contributed by atoms with van der Waals surface area (Å²) in [5.41, 5.74) is -6.34. The van der Waals surface area contributed by atoms with E-state index in [-0.39, 0.29) is 30.6 Å². The van der Waals surface area contributed by atoms with Crippen molar-refractivity contribution in [3.63, 3.8) is 0 Å². The van der Waals surface area contributed by atoms with Gasteiger partial charge in [0.1, 0.15) is 12.2 Å². The largest absolute Gasteiger partial charge is 0.461 e. The van der Waals surface area contributed by atoms with Crippen LogP contribution in [0.2, 0.25) is 0 Å². The third-order valence-electron chi connectivity index (χ3n) is 10.3. The second kappa shape index (κ2) is 8.70. The molecule has 5 rings (SSSR count). The summed E-state index contributed by atoms with van der Waals surface area (Å²) >= 11 is 0.477. The van der Waals surface area contributed by atoms with Crippen LogP contribution in [-0.4, -0.2) is 45.7 Å². The minimum Gasteiger partial charge on any atom is -0.461 e.